The molecule has 2 aromatic carbocycles. The van der Waals surface area contributed by atoms with Crippen molar-refractivity contribution in [3.8, 4) is 23.0 Å². The molecule has 2 aromatic rings. The van der Waals surface area contributed by atoms with Crippen molar-refractivity contribution in [2.24, 2.45) is 5.92 Å². The van der Waals surface area contributed by atoms with E-state index in [0.717, 1.165) is 0 Å². The highest BCUT2D eigenvalue weighted by molar-refractivity contribution is 5.98. The van der Waals surface area contributed by atoms with E-state index in [1.807, 2.05) is 25.1 Å². The van der Waals surface area contributed by atoms with Gasteiger partial charge in [0.1, 0.15) is 19.3 Å². The summed E-state index contributed by atoms with van der Waals surface area (Å²) in [6, 6.07) is 12.7. The zero-order chi connectivity index (χ0) is 21.4. The average Bonchev–Trinajstić information content (AvgIpc) is 2.82. The van der Waals surface area contributed by atoms with E-state index in [-0.39, 0.29) is 23.7 Å². The number of hydrogen-bond donors (Lipinski definition) is 0. The van der Waals surface area contributed by atoms with E-state index in [1.54, 1.807) is 29.2 Å². The number of likely N-dealkylation sites (tertiary alicyclic amines) is 1. The molecule has 162 valence electrons. The summed E-state index contributed by atoms with van der Waals surface area (Å²) in [5.74, 6) is 2.41. The number of para-hydroxylation sites is 2. The topological polar surface area (TPSA) is 74.3 Å². The van der Waals surface area contributed by atoms with E-state index in [4.69, 9.17) is 18.9 Å². The first-order valence-electron chi connectivity index (χ1n) is 10.7. The summed E-state index contributed by atoms with van der Waals surface area (Å²) < 4.78 is 22.9. The van der Waals surface area contributed by atoms with Crippen LogP contribution in [0.4, 0.5) is 0 Å². The van der Waals surface area contributed by atoms with Crippen LogP contribution < -0.4 is 18.9 Å². The Balaban J connectivity index is 1.21. The highest BCUT2D eigenvalue weighted by Gasteiger charge is 2.38. The Kier molecular flexibility index (Phi) is 5.18. The van der Waals surface area contributed by atoms with E-state index in [0.29, 0.717) is 67.7 Å². The smallest absolute Gasteiger partial charge is 0.267 e. The van der Waals surface area contributed by atoms with Crippen molar-refractivity contribution in [1.82, 2.24) is 4.90 Å². The second-order valence-corrected chi connectivity index (χ2v) is 8.13. The van der Waals surface area contributed by atoms with E-state index >= 15 is 0 Å². The van der Waals surface area contributed by atoms with Crippen LogP contribution in [-0.4, -0.2) is 55.1 Å². The molecule has 7 nitrogen and oxygen atoms in total. The van der Waals surface area contributed by atoms with Crippen LogP contribution in [0.3, 0.4) is 0 Å². The third kappa shape index (κ3) is 3.80. The number of nitrogens with zero attached hydrogens (tertiary/aromatic N) is 1. The number of benzene rings is 2. The number of Topliss-reactive ketones (excluding diaryl/α,β-unsaturated/α-hetero) is 1. The molecular weight excluding hydrogens is 398 g/mol. The van der Waals surface area contributed by atoms with E-state index in [2.05, 4.69) is 0 Å². The minimum absolute atomic E-state index is 0.0867. The Morgan fingerprint density at radius 3 is 2.29 bits per heavy atom. The SMILES string of the molecule is CC1Oc2ccccc2OC1C(=O)N1CCC(C(=O)c2ccc3c(c2)OCCO3)CC1. The van der Waals surface area contributed by atoms with Gasteiger partial charge in [-0.1, -0.05) is 12.1 Å². The third-order valence-electron chi connectivity index (χ3n) is 6.09. The normalized spacial score (nSPS) is 22.7. The maximum absolute atomic E-state index is 13.1. The van der Waals surface area contributed by atoms with Crippen LogP contribution in [0.15, 0.2) is 42.5 Å². The lowest BCUT2D eigenvalue weighted by Crippen LogP contribution is -2.52. The van der Waals surface area contributed by atoms with Crippen molar-refractivity contribution < 1.29 is 28.5 Å². The lowest BCUT2D eigenvalue weighted by atomic mass is 9.88. The average molecular weight is 423 g/mol. The monoisotopic (exact) mass is 423 g/mol. The largest absolute Gasteiger partial charge is 0.486 e. The van der Waals surface area contributed by atoms with E-state index < -0.39 is 6.10 Å². The fraction of sp³-hybridized carbons (Fsp3) is 0.417. The minimum Gasteiger partial charge on any atom is -0.486 e. The predicted octanol–water partition coefficient (Wildman–Crippen LogP) is 3.11. The van der Waals surface area contributed by atoms with Gasteiger partial charge in [-0.25, -0.2) is 0 Å². The van der Waals surface area contributed by atoms with Crippen LogP contribution >= 0.6 is 0 Å². The van der Waals surface area contributed by atoms with Gasteiger partial charge in [0.2, 0.25) is 6.10 Å². The van der Waals surface area contributed by atoms with E-state index in [1.165, 1.54) is 0 Å². The second-order valence-electron chi connectivity index (χ2n) is 8.13. The first kappa shape index (κ1) is 19.7. The van der Waals surface area contributed by atoms with Gasteiger partial charge in [-0.2, -0.15) is 0 Å². The summed E-state index contributed by atoms with van der Waals surface area (Å²) in [7, 11) is 0. The number of ether oxygens (including phenoxy) is 4. The van der Waals surface area contributed by atoms with Gasteiger partial charge in [-0.15, -0.1) is 0 Å². The van der Waals surface area contributed by atoms with Crippen LogP contribution in [-0.2, 0) is 4.79 Å². The van der Waals surface area contributed by atoms with Crippen molar-refractivity contribution in [3.05, 3.63) is 48.0 Å². The Bertz CT molecular complexity index is 997. The van der Waals surface area contributed by atoms with Crippen LogP contribution in [0.1, 0.15) is 30.1 Å². The quantitative estimate of drug-likeness (QED) is 0.707. The number of carbonyl (C=O) groups is 2. The lowest BCUT2D eigenvalue weighted by molar-refractivity contribution is -0.145. The van der Waals surface area contributed by atoms with Crippen LogP contribution in [0.2, 0.25) is 0 Å². The summed E-state index contributed by atoms with van der Waals surface area (Å²) in [6.45, 7) is 3.90. The molecule has 0 bridgehead atoms. The molecule has 3 aliphatic heterocycles. The van der Waals surface area contributed by atoms with E-state index in [9.17, 15) is 9.59 Å². The fourth-order valence-corrected chi connectivity index (χ4v) is 4.37. The standard InChI is InChI=1S/C24H25NO6/c1-15-23(31-20-5-3-2-4-19(20)30-15)24(27)25-10-8-16(9-11-25)22(26)17-6-7-18-21(14-17)29-13-12-28-18/h2-7,14-16,23H,8-13H2,1H3. The van der Waals surface area contributed by atoms with Crippen molar-refractivity contribution >= 4 is 11.7 Å². The highest BCUT2D eigenvalue weighted by atomic mass is 16.6. The summed E-state index contributed by atoms with van der Waals surface area (Å²) >= 11 is 0. The van der Waals surface area contributed by atoms with Crippen molar-refractivity contribution in [3.63, 3.8) is 0 Å². The Hall–Kier alpha value is -3.22. The van der Waals surface area contributed by atoms with Gasteiger partial charge in [0.25, 0.3) is 5.91 Å². The molecule has 1 fully saturated rings. The maximum Gasteiger partial charge on any atom is 0.267 e. The molecule has 1 amide bonds. The predicted molar refractivity (Wildman–Crippen MR) is 112 cm³/mol. The number of amides is 1. The molecule has 3 heterocycles. The Labute approximate surface area is 180 Å². The molecule has 7 heteroatoms. The molecule has 0 radical (unpaired) electrons. The van der Waals surface area contributed by atoms with Gasteiger partial charge in [0, 0.05) is 24.6 Å². The summed E-state index contributed by atoms with van der Waals surface area (Å²) in [6.07, 6.45) is 0.189. The van der Waals surface area contributed by atoms with Gasteiger partial charge in [0.05, 0.1) is 0 Å². The minimum atomic E-state index is -0.681. The lowest BCUT2D eigenvalue weighted by Gasteiger charge is -2.37. The molecule has 1 saturated heterocycles. The maximum atomic E-state index is 13.1. The highest BCUT2D eigenvalue weighted by Crippen LogP contribution is 2.35. The number of piperidine rings is 1. The molecule has 2 unspecified atom stereocenters. The first-order chi connectivity index (χ1) is 15.1. The molecule has 0 aromatic heterocycles. The molecule has 0 spiro atoms. The Morgan fingerprint density at radius 1 is 0.871 bits per heavy atom. The van der Waals surface area contributed by atoms with Gasteiger partial charge >= 0.3 is 0 Å². The first-order valence-corrected chi connectivity index (χ1v) is 10.7. The molecule has 2 atom stereocenters. The fourth-order valence-electron chi connectivity index (χ4n) is 4.37. The van der Waals surface area contributed by atoms with Gasteiger partial charge in [0.15, 0.2) is 28.8 Å². The van der Waals surface area contributed by atoms with Crippen molar-refractivity contribution in [2.45, 2.75) is 32.0 Å². The molecule has 3 aliphatic rings. The molecule has 0 aliphatic carbocycles. The van der Waals surface area contributed by atoms with Crippen LogP contribution in [0.5, 0.6) is 23.0 Å². The third-order valence-corrected chi connectivity index (χ3v) is 6.09. The molecule has 31 heavy (non-hydrogen) atoms. The summed E-state index contributed by atoms with van der Waals surface area (Å²) in [4.78, 5) is 27.9. The number of hydrogen-bond acceptors (Lipinski definition) is 6. The van der Waals surface area contributed by atoms with Gasteiger partial charge < -0.3 is 23.8 Å². The second kappa shape index (κ2) is 8.13. The summed E-state index contributed by atoms with van der Waals surface area (Å²) in [5.41, 5.74) is 0.628. The van der Waals surface area contributed by atoms with Crippen LogP contribution in [0.25, 0.3) is 0 Å². The zero-order valence-electron chi connectivity index (χ0n) is 17.4. The molecular formula is C24H25NO6. The van der Waals surface area contributed by atoms with Crippen molar-refractivity contribution in [1.29, 1.82) is 0 Å². The zero-order valence-corrected chi connectivity index (χ0v) is 17.4. The Morgan fingerprint density at radius 2 is 1.55 bits per heavy atom. The number of fused-ring (bicyclic) bond motifs is 2. The number of carbonyl (C=O) groups excluding carboxylic acids is 2. The van der Waals surface area contributed by atoms with Gasteiger partial charge in [-0.3, -0.25) is 9.59 Å². The molecule has 0 N–H and O–H groups in total. The number of rotatable bonds is 3. The molecule has 5 rings (SSSR count). The van der Waals surface area contributed by atoms with Gasteiger partial charge in [-0.05, 0) is 50.1 Å². The van der Waals surface area contributed by atoms with Crippen LogP contribution in [0, 0.1) is 5.92 Å². The summed E-state index contributed by atoms with van der Waals surface area (Å²) in [5, 5.41) is 0. The van der Waals surface area contributed by atoms with Crippen molar-refractivity contribution in [2.75, 3.05) is 26.3 Å². The molecule has 0 saturated carbocycles. The number of ketones is 1.